The first-order valence-corrected chi connectivity index (χ1v) is 5.45. The van der Waals surface area contributed by atoms with Gasteiger partial charge in [0.25, 0.3) is 0 Å². The molecule has 0 radical (unpaired) electrons. The summed E-state index contributed by atoms with van der Waals surface area (Å²) in [6.07, 6.45) is 1.12. The maximum Gasteiger partial charge on any atom is 1.00 e. The second kappa shape index (κ2) is 6.04. The number of nitrogen functional groups attached to an aromatic ring is 1. The monoisotopic (exact) mass is 251 g/mol. The topological polar surface area (TPSA) is 93.2 Å². The van der Waals surface area contributed by atoms with Crippen molar-refractivity contribution in [3.63, 3.8) is 0 Å². The molecular weight excluding hydrogens is 241 g/mol. The van der Waals surface area contributed by atoms with Gasteiger partial charge in [-0.1, -0.05) is 0 Å². The molecule has 0 unspecified atom stereocenters. The van der Waals surface area contributed by atoms with Gasteiger partial charge in [-0.05, 0) is 6.07 Å². The third kappa shape index (κ3) is 2.99. The molecule has 2 atom stereocenters. The van der Waals surface area contributed by atoms with Gasteiger partial charge in [-0.3, -0.25) is 4.57 Å². The predicted molar refractivity (Wildman–Crippen MR) is 54.1 cm³/mol. The van der Waals surface area contributed by atoms with E-state index in [1.165, 1.54) is 28.6 Å². The summed E-state index contributed by atoms with van der Waals surface area (Å²) >= 11 is 1.40. The fraction of sp³-hybridized carbons (Fsp3) is 0.500. The molecule has 2 N–H and O–H groups in total. The van der Waals surface area contributed by atoms with Gasteiger partial charge in [-0.2, -0.15) is 4.98 Å². The third-order valence-corrected chi connectivity index (χ3v) is 3.13. The maximum absolute atomic E-state index is 11.4. The fourth-order valence-corrected chi connectivity index (χ4v) is 2.24. The Bertz CT molecular complexity index is 414. The molecule has 0 aromatic carbocycles. The number of nitrogens with zero attached hydrogens (tertiary/aromatic N) is 2. The number of hydrogen-bond donors (Lipinski definition) is 1. The smallest absolute Gasteiger partial charge is 0.852 e. The number of ether oxygens (including phenoxy) is 1. The molecule has 0 spiro atoms. The van der Waals surface area contributed by atoms with Gasteiger partial charge in [0.1, 0.15) is 12.0 Å². The van der Waals surface area contributed by atoms with E-state index in [2.05, 4.69) is 4.98 Å². The van der Waals surface area contributed by atoms with E-state index in [1.807, 2.05) is 0 Å². The average molecular weight is 251 g/mol. The van der Waals surface area contributed by atoms with Crippen molar-refractivity contribution >= 4 is 17.6 Å². The molecule has 1 saturated heterocycles. The molecule has 0 bridgehead atoms. The van der Waals surface area contributed by atoms with Crippen molar-refractivity contribution in [1.29, 1.82) is 0 Å². The zero-order valence-electron chi connectivity index (χ0n) is 8.83. The van der Waals surface area contributed by atoms with Crippen molar-refractivity contribution in [2.24, 2.45) is 0 Å². The Labute approximate surface area is 118 Å². The van der Waals surface area contributed by atoms with Gasteiger partial charge in [0.05, 0.1) is 5.44 Å². The van der Waals surface area contributed by atoms with Crippen molar-refractivity contribution < 1.29 is 39.4 Å². The van der Waals surface area contributed by atoms with Gasteiger partial charge < -0.3 is 15.6 Å². The van der Waals surface area contributed by atoms with Crippen LogP contribution < -0.4 is 46.1 Å². The number of nitrogens with two attached hydrogens (primary N) is 1. The summed E-state index contributed by atoms with van der Waals surface area (Å²) < 4.78 is 6.70. The number of aromatic nitrogens is 2. The summed E-state index contributed by atoms with van der Waals surface area (Å²) in [5, 5.41) is 10.6. The summed E-state index contributed by atoms with van der Waals surface area (Å²) in [6, 6.07) is 1.53. The van der Waals surface area contributed by atoms with E-state index in [1.54, 1.807) is 0 Å². The third-order valence-electron chi connectivity index (χ3n) is 2.03. The van der Waals surface area contributed by atoms with Crippen LogP contribution >= 0.6 is 11.8 Å². The Kier molecular flexibility index (Phi) is 5.29. The first-order chi connectivity index (χ1) is 7.20. The molecule has 1 aliphatic rings. The molecule has 0 amide bonds. The number of hydrogen-bond acceptors (Lipinski definition) is 6. The summed E-state index contributed by atoms with van der Waals surface area (Å²) in [4.78, 5) is 15.0. The van der Waals surface area contributed by atoms with E-state index in [4.69, 9.17) is 10.5 Å². The Morgan fingerprint density at radius 3 is 3.06 bits per heavy atom. The van der Waals surface area contributed by atoms with Crippen molar-refractivity contribution in [1.82, 2.24) is 9.55 Å². The van der Waals surface area contributed by atoms with Gasteiger partial charge in [0.15, 0.2) is 0 Å². The van der Waals surface area contributed by atoms with E-state index in [9.17, 15) is 9.90 Å². The largest absolute Gasteiger partial charge is 1.00 e. The van der Waals surface area contributed by atoms with Crippen LogP contribution in [0.2, 0.25) is 0 Å². The van der Waals surface area contributed by atoms with Gasteiger partial charge in [-0.15, -0.1) is 18.4 Å². The minimum Gasteiger partial charge on any atom is -0.852 e. The number of thioether (sulfide) groups is 1. The second-order valence-corrected chi connectivity index (χ2v) is 4.25. The first kappa shape index (κ1) is 14.0. The molecule has 1 aromatic heterocycles. The van der Waals surface area contributed by atoms with Crippen LogP contribution in [0.1, 0.15) is 6.23 Å². The normalized spacial score (nSPS) is 24.1. The standard InChI is InChI=1S/C8H10N3O3S.Na/c9-5-1-2-11(8(13)10-5)6-4-15-7(3-12)14-6;/h1-2,6-7H,3-4H2,(H2,9,10,13);/q-1;+1/t6-,7+;/m0./s1. The predicted octanol–water partition coefficient (Wildman–Crippen LogP) is -4.22. The molecule has 0 saturated carbocycles. The van der Waals surface area contributed by atoms with Crippen LogP contribution in [0.25, 0.3) is 0 Å². The molecule has 16 heavy (non-hydrogen) atoms. The van der Waals surface area contributed by atoms with Gasteiger partial charge in [0, 0.05) is 11.9 Å². The Hall–Kier alpha value is -0.0500. The van der Waals surface area contributed by atoms with Crippen LogP contribution in [-0.4, -0.2) is 27.3 Å². The second-order valence-electron chi connectivity index (χ2n) is 3.06. The molecule has 82 valence electrons. The summed E-state index contributed by atoms with van der Waals surface area (Å²) in [6.45, 7) is -0.307. The van der Waals surface area contributed by atoms with Crippen LogP contribution in [0.4, 0.5) is 5.82 Å². The van der Waals surface area contributed by atoms with Crippen LogP contribution in [0.3, 0.4) is 0 Å². The minimum absolute atomic E-state index is 0. The zero-order chi connectivity index (χ0) is 10.8. The molecule has 1 aliphatic heterocycles. The summed E-state index contributed by atoms with van der Waals surface area (Å²) in [5.74, 6) is 0.764. The number of rotatable bonds is 2. The van der Waals surface area contributed by atoms with E-state index < -0.39 is 11.9 Å². The quantitative estimate of drug-likeness (QED) is 0.535. The van der Waals surface area contributed by atoms with Gasteiger partial charge in [-0.25, -0.2) is 4.79 Å². The van der Waals surface area contributed by atoms with Crippen molar-refractivity contribution in [2.45, 2.75) is 11.7 Å². The van der Waals surface area contributed by atoms with Crippen LogP contribution in [0, 0.1) is 0 Å². The minimum atomic E-state index is -0.452. The molecule has 1 aromatic rings. The number of anilines is 1. The summed E-state index contributed by atoms with van der Waals surface area (Å²) in [5.41, 5.74) is 4.53. The Morgan fingerprint density at radius 2 is 2.50 bits per heavy atom. The van der Waals surface area contributed by atoms with Crippen LogP contribution in [0.5, 0.6) is 0 Å². The van der Waals surface area contributed by atoms with Gasteiger partial charge >= 0.3 is 35.2 Å². The molecule has 6 nitrogen and oxygen atoms in total. The molecule has 2 heterocycles. The van der Waals surface area contributed by atoms with Crippen molar-refractivity contribution in [3.8, 4) is 0 Å². The maximum atomic E-state index is 11.4. The Balaban J connectivity index is 0.00000128. The molecule has 8 heteroatoms. The first-order valence-electron chi connectivity index (χ1n) is 4.40. The summed E-state index contributed by atoms with van der Waals surface area (Å²) in [7, 11) is 0. The van der Waals surface area contributed by atoms with Crippen molar-refractivity contribution in [3.05, 3.63) is 22.7 Å². The van der Waals surface area contributed by atoms with E-state index in [0.717, 1.165) is 0 Å². The fourth-order valence-electron chi connectivity index (χ4n) is 1.32. The van der Waals surface area contributed by atoms with E-state index >= 15 is 0 Å². The Morgan fingerprint density at radius 1 is 1.75 bits per heavy atom. The molecule has 0 aliphatic carbocycles. The van der Waals surface area contributed by atoms with Crippen LogP contribution in [0.15, 0.2) is 17.1 Å². The zero-order valence-corrected chi connectivity index (χ0v) is 11.6. The van der Waals surface area contributed by atoms with Crippen molar-refractivity contribution in [2.75, 3.05) is 18.1 Å². The van der Waals surface area contributed by atoms with E-state index in [0.29, 0.717) is 5.75 Å². The van der Waals surface area contributed by atoms with Gasteiger partial charge in [0.2, 0.25) is 0 Å². The SMILES string of the molecule is Nc1ccn([C@@H]2CS[C@H](C[O-])O2)c(=O)n1.[Na+]. The molecular formula is C8H10N3NaO3S. The average Bonchev–Trinajstić information content (AvgIpc) is 2.66. The van der Waals surface area contributed by atoms with Crippen LogP contribution in [-0.2, 0) is 4.74 Å². The van der Waals surface area contributed by atoms with E-state index in [-0.39, 0.29) is 47.4 Å². The molecule has 1 fully saturated rings. The molecule has 2 rings (SSSR count).